The molecule has 0 amide bonds. The molecule has 29 heavy (non-hydrogen) atoms. The Labute approximate surface area is 172 Å². The number of methoxy groups -OCH3 is 1. The number of hydrogen-bond donors (Lipinski definition) is 0. The number of allylic oxidation sites excluding steroid dienone is 1. The van der Waals surface area contributed by atoms with Crippen LogP contribution in [0.1, 0.15) is 34.7 Å². The monoisotopic (exact) mass is 383 g/mol. The van der Waals surface area contributed by atoms with Crippen LogP contribution in [-0.2, 0) is 11.3 Å². The van der Waals surface area contributed by atoms with E-state index in [-0.39, 0.29) is 11.8 Å². The Kier molecular flexibility index (Phi) is 5.48. The quantitative estimate of drug-likeness (QED) is 0.578. The maximum Gasteiger partial charge on any atom is 0.167 e. The van der Waals surface area contributed by atoms with Gasteiger partial charge in [0.05, 0.1) is 13.2 Å². The van der Waals surface area contributed by atoms with Crippen LogP contribution in [0.25, 0.3) is 5.57 Å². The van der Waals surface area contributed by atoms with Gasteiger partial charge in [0.2, 0.25) is 0 Å². The molecule has 0 spiro atoms. The number of benzene rings is 3. The van der Waals surface area contributed by atoms with Gasteiger partial charge in [0, 0.05) is 24.7 Å². The Bertz CT molecular complexity index is 1000. The summed E-state index contributed by atoms with van der Waals surface area (Å²) in [7, 11) is 1.66. The number of ketones is 1. The summed E-state index contributed by atoms with van der Waals surface area (Å²) in [5, 5.41) is 0. The predicted molar refractivity (Wildman–Crippen MR) is 117 cm³/mol. The summed E-state index contributed by atoms with van der Waals surface area (Å²) in [6, 6.07) is 26.6. The van der Waals surface area contributed by atoms with Gasteiger partial charge in [0.25, 0.3) is 0 Å². The van der Waals surface area contributed by atoms with Crippen molar-refractivity contribution in [1.82, 2.24) is 4.90 Å². The Morgan fingerprint density at radius 2 is 1.62 bits per heavy atom. The first kappa shape index (κ1) is 19.0. The molecule has 0 saturated heterocycles. The Morgan fingerprint density at radius 3 is 2.28 bits per heavy atom. The molecule has 0 bridgehead atoms. The highest BCUT2D eigenvalue weighted by Crippen LogP contribution is 2.36. The highest BCUT2D eigenvalue weighted by molar-refractivity contribution is 6.21. The van der Waals surface area contributed by atoms with Crippen LogP contribution < -0.4 is 4.74 Å². The Balaban J connectivity index is 1.72. The number of hydrogen-bond acceptors (Lipinski definition) is 3. The lowest BCUT2D eigenvalue weighted by molar-refractivity contribution is -0.115. The first-order chi connectivity index (χ1) is 14.1. The molecule has 1 aliphatic rings. The van der Waals surface area contributed by atoms with E-state index in [4.69, 9.17) is 4.74 Å². The molecule has 3 aromatic carbocycles. The van der Waals surface area contributed by atoms with Crippen LogP contribution in [0.15, 0.2) is 85.1 Å². The third-order valence-electron chi connectivity index (χ3n) is 5.45. The number of nitrogens with zero attached hydrogens (tertiary/aromatic N) is 1. The molecule has 0 fully saturated rings. The smallest absolute Gasteiger partial charge is 0.167 e. The Hall–Kier alpha value is -3.33. The van der Waals surface area contributed by atoms with E-state index < -0.39 is 0 Å². The third-order valence-corrected chi connectivity index (χ3v) is 5.45. The zero-order valence-corrected chi connectivity index (χ0v) is 16.8. The maximum atomic E-state index is 13.1. The standard InChI is InChI=1S/C26H25NO2/c1-19-8-10-21(11-9-19)24-18-27(17-20-6-4-3-5-7-20)25(16-26(24)28)22-12-14-23(29-2)15-13-22/h3-15,18,25H,16-17H2,1-2H3. The number of rotatable bonds is 5. The van der Waals surface area contributed by atoms with Gasteiger partial charge in [0.15, 0.2) is 5.78 Å². The summed E-state index contributed by atoms with van der Waals surface area (Å²) in [6.45, 7) is 2.81. The molecule has 0 saturated carbocycles. The Morgan fingerprint density at radius 1 is 0.931 bits per heavy atom. The minimum absolute atomic E-state index is 0.00260. The van der Waals surface area contributed by atoms with Crippen molar-refractivity contribution in [3.63, 3.8) is 0 Å². The zero-order chi connectivity index (χ0) is 20.2. The van der Waals surface area contributed by atoms with Crippen LogP contribution in [0.2, 0.25) is 0 Å². The van der Waals surface area contributed by atoms with Crippen molar-refractivity contribution < 1.29 is 9.53 Å². The summed E-state index contributed by atoms with van der Waals surface area (Å²) in [5.74, 6) is 1.00. The van der Waals surface area contributed by atoms with E-state index in [9.17, 15) is 4.79 Å². The summed E-state index contributed by atoms with van der Waals surface area (Å²) < 4.78 is 5.29. The SMILES string of the molecule is COc1ccc(C2CC(=O)C(c3ccc(C)cc3)=CN2Cc2ccccc2)cc1. The summed E-state index contributed by atoms with van der Waals surface area (Å²) in [5.41, 5.74) is 5.29. The second-order valence-corrected chi connectivity index (χ2v) is 7.48. The van der Waals surface area contributed by atoms with Gasteiger partial charge in [-0.3, -0.25) is 4.79 Å². The molecule has 1 unspecified atom stereocenters. The molecular formula is C26H25NO2. The minimum Gasteiger partial charge on any atom is -0.497 e. The zero-order valence-electron chi connectivity index (χ0n) is 16.8. The van der Waals surface area contributed by atoms with Crippen LogP contribution in [0.3, 0.4) is 0 Å². The molecule has 1 aliphatic heterocycles. The highest BCUT2D eigenvalue weighted by Gasteiger charge is 2.29. The molecule has 4 rings (SSSR count). The molecule has 3 nitrogen and oxygen atoms in total. The van der Waals surface area contributed by atoms with Crippen LogP contribution >= 0.6 is 0 Å². The van der Waals surface area contributed by atoms with Gasteiger partial charge in [-0.2, -0.15) is 0 Å². The lowest BCUT2D eigenvalue weighted by Gasteiger charge is -2.35. The van der Waals surface area contributed by atoms with Crippen molar-refractivity contribution in [2.24, 2.45) is 0 Å². The fourth-order valence-corrected chi connectivity index (χ4v) is 3.78. The molecule has 1 atom stereocenters. The molecule has 1 heterocycles. The molecule has 0 aliphatic carbocycles. The molecular weight excluding hydrogens is 358 g/mol. The predicted octanol–water partition coefficient (Wildman–Crippen LogP) is 5.56. The average Bonchev–Trinajstić information content (AvgIpc) is 2.76. The summed E-state index contributed by atoms with van der Waals surface area (Å²) in [4.78, 5) is 15.4. The number of carbonyl (C=O) groups excluding carboxylic acids is 1. The van der Waals surface area contributed by atoms with Crippen molar-refractivity contribution >= 4 is 11.4 Å². The van der Waals surface area contributed by atoms with E-state index in [2.05, 4.69) is 60.4 Å². The van der Waals surface area contributed by atoms with E-state index >= 15 is 0 Å². The van der Waals surface area contributed by atoms with Gasteiger partial charge in [0.1, 0.15) is 5.75 Å². The molecule has 3 heteroatoms. The normalized spacial score (nSPS) is 16.5. The van der Waals surface area contributed by atoms with Crippen molar-refractivity contribution in [3.8, 4) is 5.75 Å². The number of carbonyl (C=O) groups is 1. The van der Waals surface area contributed by atoms with Gasteiger partial charge in [-0.25, -0.2) is 0 Å². The summed E-state index contributed by atoms with van der Waals surface area (Å²) >= 11 is 0. The van der Waals surface area contributed by atoms with Crippen LogP contribution in [0, 0.1) is 6.92 Å². The number of Topliss-reactive ketones (excluding diaryl/α,β-unsaturated/α-hetero) is 1. The average molecular weight is 383 g/mol. The van der Waals surface area contributed by atoms with Gasteiger partial charge < -0.3 is 9.64 Å². The van der Waals surface area contributed by atoms with Gasteiger partial charge in [-0.1, -0.05) is 72.3 Å². The van der Waals surface area contributed by atoms with Gasteiger partial charge in [-0.05, 0) is 35.7 Å². The lowest BCUT2D eigenvalue weighted by atomic mass is 9.89. The van der Waals surface area contributed by atoms with Crippen molar-refractivity contribution in [3.05, 3.63) is 107 Å². The third kappa shape index (κ3) is 4.24. The fourth-order valence-electron chi connectivity index (χ4n) is 3.78. The van der Waals surface area contributed by atoms with Crippen molar-refractivity contribution in [2.45, 2.75) is 25.9 Å². The first-order valence-corrected chi connectivity index (χ1v) is 9.90. The topological polar surface area (TPSA) is 29.5 Å². The second kappa shape index (κ2) is 8.36. The second-order valence-electron chi connectivity index (χ2n) is 7.48. The maximum absolute atomic E-state index is 13.1. The van der Waals surface area contributed by atoms with E-state index in [1.54, 1.807) is 7.11 Å². The summed E-state index contributed by atoms with van der Waals surface area (Å²) in [6.07, 6.45) is 2.50. The lowest BCUT2D eigenvalue weighted by Crippen LogP contribution is -2.30. The van der Waals surface area contributed by atoms with Crippen LogP contribution in [0.5, 0.6) is 5.75 Å². The molecule has 0 N–H and O–H groups in total. The van der Waals surface area contributed by atoms with Crippen LogP contribution in [0.4, 0.5) is 0 Å². The molecule has 3 aromatic rings. The molecule has 146 valence electrons. The van der Waals surface area contributed by atoms with Gasteiger partial charge in [-0.15, -0.1) is 0 Å². The number of aryl methyl sites for hydroxylation is 1. The fraction of sp³-hybridized carbons (Fsp3) is 0.192. The van der Waals surface area contributed by atoms with E-state index in [0.717, 1.165) is 29.0 Å². The molecule has 0 radical (unpaired) electrons. The van der Waals surface area contributed by atoms with E-state index in [0.29, 0.717) is 6.42 Å². The highest BCUT2D eigenvalue weighted by atomic mass is 16.5. The van der Waals surface area contributed by atoms with E-state index in [1.807, 2.05) is 36.5 Å². The first-order valence-electron chi connectivity index (χ1n) is 9.90. The van der Waals surface area contributed by atoms with Crippen molar-refractivity contribution in [1.29, 1.82) is 0 Å². The minimum atomic E-state index is 0.00260. The number of ether oxygens (including phenoxy) is 1. The van der Waals surface area contributed by atoms with Gasteiger partial charge >= 0.3 is 0 Å². The van der Waals surface area contributed by atoms with Crippen molar-refractivity contribution in [2.75, 3.05) is 7.11 Å². The molecule has 0 aromatic heterocycles. The largest absolute Gasteiger partial charge is 0.497 e. The van der Waals surface area contributed by atoms with E-state index in [1.165, 1.54) is 11.1 Å². The van der Waals surface area contributed by atoms with Crippen LogP contribution in [-0.4, -0.2) is 17.8 Å².